The van der Waals surface area contributed by atoms with Crippen molar-refractivity contribution in [2.24, 2.45) is 11.7 Å². The first-order valence-electron chi connectivity index (χ1n) is 7.43. The van der Waals surface area contributed by atoms with Gasteiger partial charge >= 0.3 is 0 Å². The van der Waals surface area contributed by atoms with Crippen LogP contribution in [0.1, 0.15) is 30.9 Å². The van der Waals surface area contributed by atoms with Crippen molar-refractivity contribution in [1.82, 2.24) is 4.90 Å². The predicted octanol–water partition coefficient (Wildman–Crippen LogP) is 3.20. The smallest absolute Gasteiger partial charge is 0.0593 e. The minimum atomic E-state index is 0.0837. The summed E-state index contributed by atoms with van der Waals surface area (Å²) >= 11 is 3.56. The molecule has 112 valence electrons. The molecule has 0 bridgehead atoms. The first-order valence-corrected chi connectivity index (χ1v) is 8.22. The lowest BCUT2D eigenvalue weighted by Gasteiger charge is -2.20. The molecule has 0 aromatic heterocycles. The van der Waals surface area contributed by atoms with Crippen LogP contribution in [0.5, 0.6) is 0 Å². The van der Waals surface area contributed by atoms with Gasteiger partial charge in [-0.2, -0.15) is 0 Å². The minimum Gasteiger partial charge on any atom is -0.380 e. The summed E-state index contributed by atoms with van der Waals surface area (Å²) in [4.78, 5) is 2.30. The fourth-order valence-corrected chi connectivity index (χ4v) is 2.74. The van der Waals surface area contributed by atoms with Gasteiger partial charge < -0.3 is 15.4 Å². The topological polar surface area (TPSA) is 38.5 Å². The van der Waals surface area contributed by atoms with Crippen LogP contribution in [0.3, 0.4) is 0 Å². The number of likely N-dealkylation sites (N-methyl/N-ethyl adjacent to an activating group) is 1. The minimum absolute atomic E-state index is 0.0837. The molecule has 0 aliphatic heterocycles. The number of ether oxygens (including phenoxy) is 1. The van der Waals surface area contributed by atoms with Crippen LogP contribution in [0.4, 0.5) is 0 Å². The van der Waals surface area contributed by atoms with E-state index in [1.165, 1.54) is 18.4 Å². The van der Waals surface area contributed by atoms with Gasteiger partial charge in [0.15, 0.2) is 0 Å². The van der Waals surface area contributed by atoms with Crippen molar-refractivity contribution in [3.63, 3.8) is 0 Å². The first kappa shape index (κ1) is 16.0. The molecule has 2 N–H and O–H groups in total. The van der Waals surface area contributed by atoms with Crippen LogP contribution < -0.4 is 5.73 Å². The zero-order chi connectivity index (χ0) is 14.4. The number of hydrogen-bond acceptors (Lipinski definition) is 3. The van der Waals surface area contributed by atoms with E-state index in [4.69, 9.17) is 10.5 Å². The summed E-state index contributed by atoms with van der Waals surface area (Å²) in [5, 5.41) is 0. The average Bonchev–Trinajstić information content (AvgIpc) is 3.25. The Hall–Kier alpha value is -0.420. The van der Waals surface area contributed by atoms with Crippen LogP contribution in [0.2, 0.25) is 0 Å². The summed E-state index contributed by atoms with van der Waals surface area (Å²) < 4.78 is 6.76. The van der Waals surface area contributed by atoms with Gasteiger partial charge in [-0.15, -0.1) is 0 Å². The third kappa shape index (κ3) is 5.52. The van der Waals surface area contributed by atoms with Gasteiger partial charge in [-0.05, 0) is 50.4 Å². The highest BCUT2D eigenvalue weighted by Gasteiger charge is 2.21. The van der Waals surface area contributed by atoms with E-state index in [1.807, 2.05) is 18.2 Å². The molecule has 0 spiro atoms. The van der Waals surface area contributed by atoms with Gasteiger partial charge in [-0.25, -0.2) is 0 Å². The van der Waals surface area contributed by atoms with Crippen molar-refractivity contribution in [3.05, 3.63) is 34.3 Å². The Morgan fingerprint density at radius 1 is 1.35 bits per heavy atom. The maximum absolute atomic E-state index is 6.26. The molecule has 1 aliphatic carbocycles. The fourth-order valence-electron chi connectivity index (χ4n) is 2.16. The number of hydrogen-bond donors (Lipinski definition) is 1. The highest BCUT2D eigenvalue weighted by atomic mass is 79.9. The monoisotopic (exact) mass is 340 g/mol. The molecule has 0 saturated heterocycles. The Labute approximate surface area is 130 Å². The number of benzene rings is 1. The molecule has 1 fully saturated rings. The van der Waals surface area contributed by atoms with E-state index in [2.05, 4.69) is 33.9 Å². The number of nitrogens with zero attached hydrogens (tertiary/aromatic N) is 1. The number of rotatable bonds is 9. The average molecular weight is 341 g/mol. The van der Waals surface area contributed by atoms with Crippen LogP contribution in [0, 0.1) is 5.92 Å². The molecule has 3 nitrogen and oxygen atoms in total. The van der Waals surface area contributed by atoms with Gasteiger partial charge in [0, 0.05) is 23.7 Å². The van der Waals surface area contributed by atoms with E-state index in [-0.39, 0.29) is 6.04 Å². The van der Waals surface area contributed by atoms with Gasteiger partial charge in [0.2, 0.25) is 0 Å². The summed E-state index contributed by atoms with van der Waals surface area (Å²) in [7, 11) is 2.13. The molecular weight excluding hydrogens is 316 g/mol. The van der Waals surface area contributed by atoms with Gasteiger partial charge in [-0.3, -0.25) is 0 Å². The van der Waals surface area contributed by atoms with E-state index in [0.29, 0.717) is 0 Å². The lowest BCUT2D eigenvalue weighted by molar-refractivity contribution is 0.103. The quantitative estimate of drug-likeness (QED) is 0.701. The standard InChI is InChI=1S/C16H25BrN2O/c1-19(10-11-20-12-13-6-7-13)9-8-16(18)14-4-2-3-5-15(14)17/h2-5,13,16H,6-12,18H2,1H3. The van der Waals surface area contributed by atoms with Crippen LogP contribution in [-0.4, -0.2) is 38.3 Å². The van der Waals surface area contributed by atoms with E-state index < -0.39 is 0 Å². The van der Waals surface area contributed by atoms with Crippen molar-refractivity contribution in [3.8, 4) is 0 Å². The van der Waals surface area contributed by atoms with Crippen molar-refractivity contribution >= 4 is 15.9 Å². The molecule has 0 radical (unpaired) electrons. The lowest BCUT2D eigenvalue weighted by atomic mass is 10.0. The van der Waals surface area contributed by atoms with Gasteiger partial charge in [-0.1, -0.05) is 34.1 Å². The zero-order valence-electron chi connectivity index (χ0n) is 12.2. The highest BCUT2D eigenvalue weighted by Crippen LogP contribution is 2.28. The van der Waals surface area contributed by atoms with Crippen LogP contribution in [0.25, 0.3) is 0 Å². The molecular formula is C16H25BrN2O. The van der Waals surface area contributed by atoms with Crippen molar-refractivity contribution in [2.75, 3.05) is 33.4 Å². The molecule has 1 aliphatic rings. The van der Waals surface area contributed by atoms with Crippen molar-refractivity contribution < 1.29 is 4.74 Å². The number of nitrogens with two attached hydrogens (primary N) is 1. The summed E-state index contributed by atoms with van der Waals surface area (Å²) in [5.74, 6) is 0.851. The van der Waals surface area contributed by atoms with E-state index >= 15 is 0 Å². The van der Waals surface area contributed by atoms with Gasteiger partial charge in [0.1, 0.15) is 0 Å². The van der Waals surface area contributed by atoms with Gasteiger partial charge in [0.05, 0.1) is 6.61 Å². The molecule has 1 unspecified atom stereocenters. The predicted molar refractivity (Wildman–Crippen MR) is 86.7 cm³/mol. The molecule has 0 heterocycles. The third-order valence-electron chi connectivity index (χ3n) is 3.79. The second-order valence-corrected chi connectivity index (χ2v) is 6.59. The Morgan fingerprint density at radius 3 is 2.80 bits per heavy atom. The summed E-state index contributed by atoms with van der Waals surface area (Å²) in [6.45, 7) is 3.76. The lowest BCUT2D eigenvalue weighted by Crippen LogP contribution is -2.27. The van der Waals surface area contributed by atoms with Crippen LogP contribution in [0.15, 0.2) is 28.7 Å². The van der Waals surface area contributed by atoms with E-state index in [0.717, 1.165) is 43.1 Å². The molecule has 1 aromatic rings. The van der Waals surface area contributed by atoms with Crippen LogP contribution >= 0.6 is 15.9 Å². The Balaban J connectivity index is 1.61. The van der Waals surface area contributed by atoms with Crippen molar-refractivity contribution in [2.45, 2.75) is 25.3 Å². The third-order valence-corrected chi connectivity index (χ3v) is 4.52. The second-order valence-electron chi connectivity index (χ2n) is 5.74. The molecule has 2 rings (SSSR count). The maximum Gasteiger partial charge on any atom is 0.0593 e. The maximum atomic E-state index is 6.26. The SMILES string of the molecule is CN(CCOCC1CC1)CCC(N)c1ccccc1Br. The molecule has 1 saturated carbocycles. The summed E-state index contributed by atoms with van der Waals surface area (Å²) in [6.07, 6.45) is 3.68. The van der Waals surface area contributed by atoms with Crippen LogP contribution in [-0.2, 0) is 4.74 Å². The van der Waals surface area contributed by atoms with E-state index in [1.54, 1.807) is 0 Å². The second kappa shape index (κ2) is 8.13. The Bertz CT molecular complexity index is 409. The van der Waals surface area contributed by atoms with E-state index in [9.17, 15) is 0 Å². The normalized spacial score (nSPS) is 16.6. The largest absolute Gasteiger partial charge is 0.380 e. The molecule has 0 amide bonds. The molecule has 1 aromatic carbocycles. The summed E-state index contributed by atoms with van der Waals surface area (Å²) in [5.41, 5.74) is 7.45. The fraction of sp³-hybridized carbons (Fsp3) is 0.625. The Morgan fingerprint density at radius 2 is 2.10 bits per heavy atom. The van der Waals surface area contributed by atoms with Gasteiger partial charge in [0.25, 0.3) is 0 Å². The Kier molecular flexibility index (Phi) is 6.49. The van der Waals surface area contributed by atoms with Crippen molar-refractivity contribution in [1.29, 1.82) is 0 Å². The number of halogens is 1. The summed E-state index contributed by atoms with van der Waals surface area (Å²) in [6, 6.07) is 8.28. The molecule has 20 heavy (non-hydrogen) atoms. The molecule has 1 atom stereocenters. The first-order chi connectivity index (χ1) is 9.66. The molecule has 4 heteroatoms. The zero-order valence-corrected chi connectivity index (χ0v) is 13.8. The highest BCUT2D eigenvalue weighted by molar-refractivity contribution is 9.10.